The van der Waals surface area contributed by atoms with E-state index in [0.717, 1.165) is 49.4 Å². The molecule has 0 spiro atoms. The van der Waals surface area contributed by atoms with E-state index in [2.05, 4.69) is 10.2 Å². The quantitative estimate of drug-likeness (QED) is 0.905. The Morgan fingerprint density at radius 2 is 1.54 bits per heavy atom. The molecule has 0 amide bonds. The highest BCUT2D eigenvalue weighted by molar-refractivity contribution is 5.47. The zero-order valence-electron chi connectivity index (χ0n) is 14.1. The van der Waals surface area contributed by atoms with Crippen molar-refractivity contribution in [2.75, 3.05) is 33.0 Å². The summed E-state index contributed by atoms with van der Waals surface area (Å²) in [6.07, 6.45) is -4.33. The first-order chi connectivity index (χ1) is 12.5. The summed E-state index contributed by atoms with van der Waals surface area (Å²) in [4.78, 5) is 2.27. The van der Waals surface area contributed by atoms with Gasteiger partial charge in [0.05, 0.1) is 11.6 Å². The lowest BCUT2D eigenvalue weighted by molar-refractivity contribution is -0.137. The minimum absolute atomic E-state index is 0.131. The predicted molar refractivity (Wildman–Crippen MR) is 90.3 cm³/mol. The van der Waals surface area contributed by atoms with E-state index in [1.165, 1.54) is 0 Å². The van der Waals surface area contributed by atoms with Crippen LogP contribution in [-0.2, 0) is 6.18 Å². The van der Waals surface area contributed by atoms with Gasteiger partial charge in [0.15, 0.2) is 11.5 Å². The van der Waals surface area contributed by atoms with Gasteiger partial charge in [-0.3, -0.25) is 4.90 Å². The molecule has 2 aliphatic rings. The van der Waals surface area contributed by atoms with Gasteiger partial charge in [-0.25, -0.2) is 0 Å². The fourth-order valence-corrected chi connectivity index (χ4v) is 3.49. The Morgan fingerprint density at radius 1 is 0.885 bits per heavy atom. The number of nitrogens with one attached hydrogen (secondary N) is 1. The molecule has 4 rings (SSSR count). The van der Waals surface area contributed by atoms with E-state index in [4.69, 9.17) is 9.47 Å². The highest BCUT2D eigenvalue weighted by Crippen LogP contribution is 2.38. The second kappa shape index (κ2) is 6.81. The molecule has 1 fully saturated rings. The molecule has 1 atom stereocenters. The first-order valence-electron chi connectivity index (χ1n) is 8.54. The Hall–Kier alpha value is -2.25. The first-order valence-corrected chi connectivity index (χ1v) is 8.54. The van der Waals surface area contributed by atoms with Gasteiger partial charge in [-0.2, -0.15) is 13.2 Å². The number of hydrogen-bond acceptors (Lipinski definition) is 4. The first kappa shape index (κ1) is 17.2. The highest BCUT2D eigenvalue weighted by Gasteiger charge is 2.31. The molecule has 0 aromatic heterocycles. The molecule has 1 N–H and O–H groups in total. The molecule has 2 heterocycles. The lowest BCUT2D eigenvalue weighted by atomic mass is 9.95. The summed E-state index contributed by atoms with van der Waals surface area (Å²) in [6, 6.07) is 11.0. The highest BCUT2D eigenvalue weighted by atomic mass is 19.4. The Kier molecular flexibility index (Phi) is 4.50. The van der Waals surface area contributed by atoms with E-state index in [1.54, 1.807) is 12.1 Å². The third kappa shape index (κ3) is 3.37. The number of nitrogens with zero attached hydrogens (tertiary/aromatic N) is 1. The van der Waals surface area contributed by atoms with Crippen LogP contribution in [0.25, 0.3) is 0 Å². The average molecular weight is 364 g/mol. The van der Waals surface area contributed by atoms with Crippen LogP contribution >= 0.6 is 0 Å². The van der Waals surface area contributed by atoms with Gasteiger partial charge in [0.1, 0.15) is 0 Å². The molecular weight excluding hydrogens is 345 g/mol. The van der Waals surface area contributed by atoms with Crippen molar-refractivity contribution >= 4 is 0 Å². The topological polar surface area (TPSA) is 33.7 Å². The average Bonchev–Trinajstić information content (AvgIpc) is 3.10. The smallest absolute Gasteiger partial charge is 0.416 e. The van der Waals surface area contributed by atoms with Crippen LogP contribution in [0.3, 0.4) is 0 Å². The maximum atomic E-state index is 12.9. The molecule has 26 heavy (non-hydrogen) atoms. The van der Waals surface area contributed by atoms with Crippen molar-refractivity contribution in [2.24, 2.45) is 0 Å². The molecule has 0 saturated carbocycles. The van der Waals surface area contributed by atoms with Crippen molar-refractivity contribution in [3.63, 3.8) is 0 Å². The van der Waals surface area contributed by atoms with Crippen LogP contribution < -0.4 is 14.8 Å². The second-order valence-corrected chi connectivity index (χ2v) is 6.42. The van der Waals surface area contributed by atoms with Crippen molar-refractivity contribution in [2.45, 2.75) is 12.2 Å². The second-order valence-electron chi connectivity index (χ2n) is 6.42. The number of piperazine rings is 1. The standard InChI is InChI=1S/C19H19F3N2O2/c20-19(21,22)15-4-1-13(2-5-15)18(24-9-7-23-8-10-24)14-3-6-16-17(11-14)26-12-25-16/h1-6,11,18,23H,7-10,12H2/t18-/m1/s1. The maximum absolute atomic E-state index is 12.9. The van der Waals surface area contributed by atoms with Crippen LogP contribution in [0, 0.1) is 0 Å². The van der Waals surface area contributed by atoms with E-state index < -0.39 is 11.7 Å². The lowest BCUT2D eigenvalue weighted by Gasteiger charge is -2.35. The summed E-state index contributed by atoms with van der Waals surface area (Å²) in [5.41, 5.74) is 1.18. The molecule has 1 saturated heterocycles. The van der Waals surface area contributed by atoms with Crippen LogP contribution in [0.2, 0.25) is 0 Å². The maximum Gasteiger partial charge on any atom is 0.416 e. The van der Waals surface area contributed by atoms with E-state index in [9.17, 15) is 13.2 Å². The largest absolute Gasteiger partial charge is 0.454 e. The summed E-state index contributed by atoms with van der Waals surface area (Å²) in [6.45, 7) is 3.53. The summed E-state index contributed by atoms with van der Waals surface area (Å²) in [7, 11) is 0. The number of hydrogen-bond donors (Lipinski definition) is 1. The number of fused-ring (bicyclic) bond motifs is 1. The number of ether oxygens (including phenoxy) is 2. The van der Waals surface area contributed by atoms with Gasteiger partial charge in [-0.05, 0) is 35.4 Å². The van der Waals surface area contributed by atoms with E-state index in [0.29, 0.717) is 11.5 Å². The molecule has 7 heteroatoms. The number of rotatable bonds is 3. The van der Waals surface area contributed by atoms with Gasteiger partial charge in [-0.1, -0.05) is 18.2 Å². The van der Waals surface area contributed by atoms with Crippen LogP contribution in [0.4, 0.5) is 13.2 Å². The van der Waals surface area contributed by atoms with Crippen LogP contribution in [0.15, 0.2) is 42.5 Å². The summed E-state index contributed by atoms with van der Waals surface area (Å²) in [5, 5.41) is 3.31. The van der Waals surface area contributed by atoms with Gasteiger partial charge in [0.2, 0.25) is 6.79 Å². The van der Waals surface area contributed by atoms with Gasteiger partial charge < -0.3 is 14.8 Å². The van der Waals surface area contributed by atoms with Gasteiger partial charge in [0, 0.05) is 26.2 Å². The Bertz CT molecular complexity index is 771. The van der Waals surface area contributed by atoms with Crippen molar-refractivity contribution in [3.8, 4) is 11.5 Å². The molecule has 138 valence electrons. The molecule has 0 unspecified atom stereocenters. The summed E-state index contributed by atoms with van der Waals surface area (Å²) in [5.74, 6) is 1.37. The molecule has 2 aromatic carbocycles. The predicted octanol–water partition coefficient (Wildman–Crippen LogP) is 3.43. The van der Waals surface area contributed by atoms with Gasteiger partial charge >= 0.3 is 6.18 Å². The Labute approximate surface area is 149 Å². The Morgan fingerprint density at radius 3 is 2.23 bits per heavy atom. The molecule has 4 nitrogen and oxygen atoms in total. The molecule has 2 aliphatic heterocycles. The fraction of sp³-hybridized carbons (Fsp3) is 0.368. The summed E-state index contributed by atoms with van der Waals surface area (Å²) < 4.78 is 49.5. The van der Waals surface area contributed by atoms with Crippen molar-refractivity contribution in [1.82, 2.24) is 10.2 Å². The van der Waals surface area contributed by atoms with Gasteiger partial charge in [-0.15, -0.1) is 0 Å². The third-order valence-corrected chi connectivity index (χ3v) is 4.78. The SMILES string of the molecule is FC(F)(F)c1ccc([C@H](c2ccc3c(c2)OCO3)N2CCNCC2)cc1. The molecule has 2 aromatic rings. The minimum atomic E-state index is -4.33. The lowest BCUT2D eigenvalue weighted by Crippen LogP contribution is -2.45. The summed E-state index contributed by atoms with van der Waals surface area (Å²) >= 11 is 0. The molecule has 0 radical (unpaired) electrons. The molecular formula is C19H19F3N2O2. The van der Waals surface area contributed by atoms with Crippen LogP contribution in [0.5, 0.6) is 11.5 Å². The van der Waals surface area contributed by atoms with E-state index in [1.807, 2.05) is 18.2 Å². The van der Waals surface area contributed by atoms with Crippen molar-refractivity contribution in [3.05, 3.63) is 59.2 Å². The van der Waals surface area contributed by atoms with E-state index in [-0.39, 0.29) is 12.8 Å². The normalized spacial score (nSPS) is 18.7. The fourth-order valence-electron chi connectivity index (χ4n) is 3.49. The molecule has 0 aliphatic carbocycles. The third-order valence-electron chi connectivity index (χ3n) is 4.78. The van der Waals surface area contributed by atoms with Crippen LogP contribution in [-0.4, -0.2) is 37.9 Å². The zero-order chi connectivity index (χ0) is 18.1. The minimum Gasteiger partial charge on any atom is -0.454 e. The van der Waals surface area contributed by atoms with Crippen LogP contribution in [0.1, 0.15) is 22.7 Å². The van der Waals surface area contributed by atoms with E-state index >= 15 is 0 Å². The van der Waals surface area contributed by atoms with Crippen molar-refractivity contribution < 1.29 is 22.6 Å². The number of alkyl halides is 3. The number of benzene rings is 2. The van der Waals surface area contributed by atoms with Gasteiger partial charge in [0.25, 0.3) is 0 Å². The zero-order valence-corrected chi connectivity index (χ0v) is 14.1. The molecule has 0 bridgehead atoms. The number of halogens is 3. The van der Waals surface area contributed by atoms with Crippen molar-refractivity contribution in [1.29, 1.82) is 0 Å². The Balaban J connectivity index is 1.71. The monoisotopic (exact) mass is 364 g/mol.